The van der Waals surface area contributed by atoms with E-state index in [0.29, 0.717) is 5.56 Å². The van der Waals surface area contributed by atoms with Crippen LogP contribution in [0.4, 0.5) is 0 Å². The lowest BCUT2D eigenvalue weighted by molar-refractivity contribution is 0.254. The summed E-state index contributed by atoms with van der Waals surface area (Å²) < 4.78 is 5.67. The largest absolute Gasteiger partial charge is 0.490 e. The van der Waals surface area contributed by atoms with Gasteiger partial charge in [-0.15, -0.1) is 0 Å². The number of pyridine rings is 1. The van der Waals surface area contributed by atoms with Crippen LogP contribution in [-0.2, 0) is 6.42 Å². The Morgan fingerprint density at radius 2 is 2.20 bits per heavy atom. The number of nitrogens with zero attached hydrogens (tertiary/aromatic N) is 1. The van der Waals surface area contributed by atoms with Gasteiger partial charge in [-0.3, -0.25) is 4.79 Å². The van der Waals surface area contributed by atoms with E-state index < -0.39 is 0 Å². The molecule has 0 aliphatic carbocycles. The number of H-pyrrole nitrogens is 1. The number of aromatic nitrogens is 1. The summed E-state index contributed by atoms with van der Waals surface area (Å²) >= 11 is 0. The molecule has 20 heavy (non-hydrogen) atoms. The quantitative estimate of drug-likeness (QED) is 0.862. The summed E-state index contributed by atoms with van der Waals surface area (Å²) in [5.41, 5.74) is 3.24. The highest BCUT2D eigenvalue weighted by atomic mass is 16.5. The van der Waals surface area contributed by atoms with Crippen molar-refractivity contribution in [1.82, 2.24) is 4.98 Å². The van der Waals surface area contributed by atoms with Crippen molar-refractivity contribution in [3.8, 4) is 22.9 Å². The fourth-order valence-electron chi connectivity index (χ4n) is 2.62. The Labute approximate surface area is 116 Å². The zero-order valence-electron chi connectivity index (χ0n) is 11.4. The number of hydrogen-bond donors (Lipinski definition) is 1. The molecule has 0 saturated carbocycles. The second kappa shape index (κ2) is 4.53. The molecule has 3 rings (SSSR count). The van der Waals surface area contributed by atoms with E-state index >= 15 is 0 Å². The Morgan fingerprint density at radius 3 is 2.95 bits per heavy atom. The average molecular weight is 266 g/mol. The van der Waals surface area contributed by atoms with Crippen molar-refractivity contribution in [2.75, 3.05) is 0 Å². The number of aromatic amines is 1. The van der Waals surface area contributed by atoms with Crippen molar-refractivity contribution in [2.45, 2.75) is 26.4 Å². The SMILES string of the molecule is Cc1cc(-c2ccc3c(c2)CC(C)O3)c(C#N)c(=O)[nH]1. The Hall–Kier alpha value is -2.54. The number of hydrogen-bond acceptors (Lipinski definition) is 3. The fourth-order valence-corrected chi connectivity index (χ4v) is 2.62. The summed E-state index contributed by atoms with van der Waals surface area (Å²) in [4.78, 5) is 14.5. The minimum atomic E-state index is -0.340. The van der Waals surface area contributed by atoms with E-state index in [-0.39, 0.29) is 17.2 Å². The van der Waals surface area contributed by atoms with Crippen LogP contribution < -0.4 is 10.3 Å². The highest BCUT2D eigenvalue weighted by Crippen LogP contribution is 2.33. The number of nitriles is 1. The summed E-state index contributed by atoms with van der Waals surface area (Å²) in [6.07, 6.45) is 1.03. The van der Waals surface area contributed by atoms with Crippen LogP contribution in [0.5, 0.6) is 5.75 Å². The molecule has 1 aromatic carbocycles. The van der Waals surface area contributed by atoms with E-state index in [2.05, 4.69) is 4.98 Å². The molecule has 1 aliphatic heterocycles. The Bertz CT molecular complexity index is 784. The van der Waals surface area contributed by atoms with Crippen molar-refractivity contribution in [1.29, 1.82) is 5.26 Å². The molecule has 1 atom stereocenters. The molecular weight excluding hydrogens is 252 g/mol. The summed E-state index contributed by atoms with van der Waals surface area (Å²) in [5, 5.41) is 9.19. The van der Waals surface area contributed by atoms with Gasteiger partial charge >= 0.3 is 0 Å². The smallest absolute Gasteiger partial charge is 0.266 e. The average Bonchev–Trinajstić information content (AvgIpc) is 2.76. The molecule has 4 nitrogen and oxygen atoms in total. The lowest BCUT2D eigenvalue weighted by Gasteiger charge is -2.07. The first-order valence-corrected chi connectivity index (χ1v) is 6.52. The van der Waals surface area contributed by atoms with Crippen molar-refractivity contribution < 1.29 is 4.74 Å². The molecule has 1 unspecified atom stereocenters. The van der Waals surface area contributed by atoms with E-state index in [9.17, 15) is 10.1 Å². The molecule has 0 radical (unpaired) electrons. The van der Waals surface area contributed by atoms with Crippen LogP contribution in [-0.4, -0.2) is 11.1 Å². The van der Waals surface area contributed by atoms with Gasteiger partial charge in [0.15, 0.2) is 0 Å². The summed E-state index contributed by atoms with van der Waals surface area (Å²) in [6.45, 7) is 3.84. The molecule has 0 bridgehead atoms. The zero-order chi connectivity index (χ0) is 14.3. The number of ether oxygens (including phenoxy) is 1. The van der Waals surface area contributed by atoms with Crippen LogP contribution in [0.1, 0.15) is 23.7 Å². The molecule has 1 aliphatic rings. The van der Waals surface area contributed by atoms with E-state index in [0.717, 1.165) is 29.0 Å². The molecule has 2 heterocycles. The van der Waals surface area contributed by atoms with Crippen molar-refractivity contribution >= 4 is 0 Å². The van der Waals surface area contributed by atoms with Crippen molar-refractivity contribution in [3.63, 3.8) is 0 Å². The second-order valence-corrected chi connectivity index (χ2v) is 5.14. The molecule has 0 amide bonds. The third kappa shape index (κ3) is 1.97. The maximum atomic E-state index is 11.8. The number of nitrogens with one attached hydrogen (secondary N) is 1. The highest BCUT2D eigenvalue weighted by Gasteiger charge is 2.20. The van der Waals surface area contributed by atoms with Gasteiger partial charge in [-0.1, -0.05) is 6.07 Å². The van der Waals surface area contributed by atoms with Crippen LogP contribution in [0, 0.1) is 18.3 Å². The maximum absolute atomic E-state index is 11.8. The third-order valence-corrected chi connectivity index (χ3v) is 3.49. The predicted molar refractivity (Wildman–Crippen MR) is 75.7 cm³/mol. The minimum Gasteiger partial charge on any atom is -0.490 e. The van der Waals surface area contributed by atoms with Gasteiger partial charge in [0.05, 0.1) is 0 Å². The number of aryl methyl sites for hydroxylation is 1. The van der Waals surface area contributed by atoms with Gasteiger partial charge < -0.3 is 9.72 Å². The number of benzene rings is 1. The van der Waals surface area contributed by atoms with Gasteiger partial charge in [-0.25, -0.2) is 0 Å². The van der Waals surface area contributed by atoms with Gasteiger partial charge in [0.2, 0.25) is 0 Å². The molecule has 4 heteroatoms. The van der Waals surface area contributed by atoms with E-state index in [1.54, 1.807) is 0 Å². The molecule has 1 N–H and O–H groups in total. The second-order valence-electron chi connectivity index (χ2n) is 5.14. The topological polar surface area (TPSA) is 65.9 Å². The van der Waals surface area contributed by atoms with E-state index in [1.165, 1.54) is 0 Å². The summed E-state index contributed by atoms with van der Waals surface area (Å²) in [6, 6.07) is 9.64. The van der Waals surface area contributed by atoms with Crippen LogP contribution in [0.15, 0.2) is 29.1 Å². The Balaban J connectivity index is 2.18. The zero-order valence-corrected chi connectivity index (χ0v) is 11.4. The summed E-state index contributed by atoms with van der Waals surface area (Å²) in [5.74, 6) is 0.890. The Morgan fingerprint density at radius 1 is 1.40 bits per heavy atom. The van der Waals surface area contributed by atoms with Gasteiger partial charge in [0.1, 0.15) is 23.5 Å². The lowest BCUT2D eigenvalue weighted by atomic mass is 9.98. The highest BCUT2D eigenvalue weighted by molar-refractivity contribution is 5.72. The van der Waals surface area contributed by atoms with Gasteiger partial charge in [-0.2, -0.15) is 5.26 Å². The molecule has 0 spiro atoms. The molecule has 1 aromatic heterocycles. The minimum absolute atomic E-state index is 0.155. The van der Waals surface area contributed by atoms with Gasteiger partial charge in [0.25, 0.3) is 5.56 Å². The van der Waals surface area contributed by atoms with Crippen molar-refractivity contribution in [3.05, 3.63) is 51.4 Å². The van der Waals surface area contributed by atoms with Crippen LogP contribution in [0.25, 0.3) is 11.1 Å². The first kappa shape index (κ1) is 12.5. The van der Waals surface area contributed by atoms with Crippen molar-refractivity contribution in [2.24, 2.45) is 0 Å². The van der Waals surface area contributed by atoms with Gasteiger partial charge in [0, 0.05) is 17.7 Å². The molecular formula is C16H14N2O2. The molecule has 2 aromatic rings. The maximum Gasteiger partial charge on any atom is 0.266 e. The summed E-state index contributed by atoms with van der Waals surface area (Å²) in [7, 11) is 0. The molecule has 100 valence electrons. The van der Waals surface area contributed by atoms with E-state index in [1.807, 2.05) is 44.2 Å². The molecule has 0 fully saturated rings. The monoisotopic (exact) mass is 266 g/mol. The van der Waals surface area contributed by atoms with Gasteiger partial charge in [-0.05, 0) is 43.2 Å². The molecule has 0 saturated heterocycles. The van der Waals surface area contributed by atoms with Crippen LogP contribution >= 0.6 is 0 Å². The first-order chi connectivity index (χ1) is 9.58. The lowest BCUT2D eigenvalue weighted by Crippen LogP contribution is -2.12. The standard InChI is InChI=1S/C16H14N2O2/c1-9-5-13(14(8-17)16(19)18-9)11-3-4-15-12(7-11)6-10(2)20-15/h3-5,7,10H,6H2,1-2H3,(H,18,19). The van der Waals surface area contributed by atoms with Crippen LogP contribution in [0.3, 0.4) is 0 Å². The predicted octanol–water partition coefficient (Wildman–Crippen LogP) is 2.55. The normalized spacial score (nSPS) is 16.4. The number of rotatable bonds is 1. The Kier molecular flexibility index (Phi) is 2.83. The first-order valence-electron chi connectivity index (χ1n) is 6.52. The van der Waals surface area contributed by atoms with E-state index in [4.69, 9.17) is 4.74 Å². The third-order valence-electron chi connectivity index (χ3n) is 3.49. The van der Waals surface area contributed by atoms with Crippen LogP contribution in [0.2, 0.25) is 0 Å². The fraction of sp³-hybridized carbons (Fsp3) is 0.250. The number of fused-ring (bicyclic) bond motifs is 1.